The molecule has 1 fully saturated rings. The van der Waals surface area contributed by atoms with Crippen molar-refractivity contribution in [1.29, 1.82) is 0 Å². The molecule has 1 N–H and O–H groups in total. The first kappa shape index (κ1) is 13.2. The molecule has 5 heteroatoms. The van der Waals surface area contributed by atoms with E-state index >= 15 is 0 Å². The van der Waals surface area contributed by atoms with Crippen LogP contribution in [0.2, 0.25) is 0 Å². The van der Waals surface area contributed by atoms with Crippen molar-refractivity contribution in [3.8, 4) is 0 Å². The molecule has 3 rings (SSSR count). The van der Waals surface area contributed by atoms with Crippen LogP contribution in [-0.2, 0) is 4.74 Å². The second-order valence-electron chi connectivity index (χ2n) is 5.26. The van der Waals surface area contributed by atoms with Crippen molar-refractivity contribution in [2.24, 2.45) is 0 Å². The first-order valence-electron chi connectivity index (χ1n) is 7.24. The third kappa shape index (κ3) is 2.88. The van der Waals surface area contributed by atoms with Crippen LogP contribution in [0, 0.1) is 0 Å². The van der Waals surface area contributed by atoms with E-state index in [-0.39, 0.29) is 6.10 Å². The van der Waals surface area contributed by atoms with Gasteiger partial charge in [-0.15, -0.1) is 0 Å². The molecule has 0 unspecified atom stereocenters. The summed E-state index contributed by atoms with van der Waals surface area (Å²) in [6.07, 6.45) is 9.62. The van der Waals surface area contributed by atoms with E-state index in [2.05, 4.69) is 20.3 Å². The molecule has 106 valence electrons. The van der Waals surface area contributed by atoms with Gasteiger partial charge in [-0.05, 0) is 25.0 Å². The Morgan fingerprint density at radius 2 is 1.95 bits per heavy atom. The Hall–Kier alpha value is -1.75. The van der Waals surface area contributed by atoms with E-state index in [1.165, 1.54) is 19.3 Å². The van der Waals surface area contributed by atoms with Crippen LogP contribution < -0.4 is 5.32 Å². The lowest BCUT2D eigenvalue weighted by molar-refractivity contribution is 0.0805. The van der Waals surface area contributed by atoms with Crippen LogP contribution in [0.4, 0.5) is 5.82 Å². The lowest BCUT2D eigenvalue weighted by Crippen LogP contribution is -2.34. The average Bonchev–Trinajstić information content (AvgIpc) is 2.72. The minimum atomic E-state index is 0.261. The van der Waals surface area contributed by atoms with Gasteiger partial charge in [0, 0.05) is 19.5 Å². The average molecular weight is 272 g/mol. The van der Waals surface area contributed by atoms with Crippen LogP contribution in [-0.4, -0.2) is 34.2 Å². The Morgan fingerprint density at radius 3 is 2.85 bits per heavy atom. The molecule has 1 aliphatic rings. The van der Waals surface area contributed by atoms with Gasteiger partial charge in [0.25, 0.3) is 0 Å². The molecule has 2 heterocycles. The largest absolute Gasteiger partial charge is 0.379 e. The summed E-state index contributed by atoms with van der Waals surface area (Å²) in [7, 11) is 1.80. The van der Waals surface area contributed by atoms with Crippen molar-refractivity contribution in [2.45, 2.75) is 44.2 Å². The van der Waals surface area contributed by atoms with E-state index in [0.29, 0.717) is 11.7 Å². The van der Waals surface area contributed by atoms with E-state index in [9.17, 15) is 0 Å². The van der Waals surface area contributed by atoms with Crippen molar-refractivity contribution in [1.82, 2.24) is 15.0 Å². The highest BCUT2D eigenvalue weighted by Crippen LogP contribution is 2.23. The minimum absolute atomic E-state index is 0.261. The van der Waals surface area contributed by atoms with Crippen molar-refractivity contribution in [2.75, 3.05) is 12.4 Å². The van der Waals surface area contributed by atoms with Crippen LogP contribution in [0.3, 0.4) is 0 Å². The molecular weight excluding hydrogens is 252 g/mol. The van der Waals surface area contributed by atoms with Gasteiger partial charge in [0.1, 0.15) is 11.3 Å². The second kappa shape index (κ2) is 6.13. The summed E-state index contributed by atoms with van der Waals surface area (Å²) < 4.78 is 5.63. The molecule has 5 nitrogen and oxygen atoms in total. The summed E-state index contributed by atoms with van der Waals surface area (Å²) in [5.74, 6) is 0.854. The van der Waals surface area contributed by atoms with Crippen LogP contribution in [0.15, 0.2) is 24.5 Å². The molecule has 2 aromatic rings. The van der Waals surface area contributed by atoms with Crippen molar-refractivity contribution < 1.29 is 4.74 Å². The monoisotopic (exact) mass is 272 g/mol. The van der Waals surface area contributed by atoms with E-state index in [1.54, 1.807) is 19.5 Å². The number of rotatable bonds is 3. The van der Waals surface area contributed by atoms with Crippen LogP contribution in [0.25, 0.3) is 11.2 Å². The second-order valence-corrected chi connectivity index (χ2v) is 5.26. The molecule has 20 heavy (non-hydrogen) atoms. The van der Waals surface area contributed by atoms with Gasteiger partial charge in [-0.3, -0.25) is 4.98 Å². The molecule has 0 saturated heterocycles. The molecule has 0 bridgehead atoms. The fraction of sp³-hybridized carbons (Fsp3) is 0.533. The summed E-state index contributed by atoms with van der Waals surface area (Å²) in [4.78, 5) is 13.0. The smallest absolute Gasteiger partial charge is 0.180 e. The lowest BCUT2D eigenvalue weighted by Gasteiger charge is -2.25. The summed E-state index contributed by atoms with van der Waals surface area (Å²) in [5, 5.41) is 3.51. The maximum Gasteiger partial charge on any atom is 0.180 e. The fourth-order valence-electron chi connectivity index (χ4n) is 2.85. The molecule has 0 amide bonds. The van der Waals surface area contributed by atoms with Crippen molar-refractivity contribution in [3.05, 3.63) is 24.5 Å². The highest BCUT2D eigenvalue weighted by atomic mass is 16.5. The van der Waals surface area contributed by atoms with Gasteiger partial charge in [0.05, 0.1) is 12.1 Å². The van der Waals surface area contributed by atoms with Gasteiger partial charge < -0.3 is 10.1 Å². The van der Waals surface area contributed by atoms with Gasteiger partial charge in [-0.25, -0.2) is 9.97 Å². The highest BCUT2D eigenvalue weighted by molar-refractivity contribution is 5.71. The Morgan fingerprint density at radius 1 is 1.10 bits per heavy atom. The topological polar surface area (TPSA) is 59.9 Å². The molecule has 0 aromatic carbocycles. The highest BCUT2D eigenvalue weighted by Gasteiger charge is 2.23. The van der Waals surface area contributed by atoms with E-state index in [1.807, 2.05) is 12.1 Å². The van der Waals surface area contributed by atoms with Crippen molar-refractivity contribution in [3.63, 3.8) is 0 Å². The molecule has 0 spiro atoms. The van der Waals surface area contributed by atoms with Crippen LogP contribution in [0.1, 0.15) is 32.1 Å². The summed E-state index contributed by atoms with van der Waals surface area (Å²) in [5.41, 5.74) is 1.50. The lowest BCUT2D eigenvalue weighted by atomic mass is 10.1. The Bertz CT molecular complexity index is 575. The van der Waals surface area contributed by atoms with Crippen molar-refractivity contribution >= 4 is 17.0 Å². The van der Waals surface area contributed by atoms with Gasteiger partial charge >= 0.3 is 0 Å². The maximum absolute atomic E-state index is 5.63. The predicted octanol–water partition coefficient (Wildman–Crippen LogP) is 2.78. The molecule has 0 radical (unpaired) electrons. The zero-order valence-electron chi connectivity index (χ0n) is 11.7. The first-order valence-corrected chi connectivity index (χ1v) is 7.24. The van der Waals surface area contributed by atoms with Crippen LogP contribution in [0.5, 0.6) is 0 Å². The fourth-order valence-corrected chi connectivity index (χ4v) is 2.85. The molecule has 2 aromatic heterocycles. The van der Waals surface area contributed by atoms with Gasteiger partial charge in [-0.2, -0.15) is 0 Å². The molecular formula is C15H20N4O. The van der Waals surface area contributed by atoms with E-state index in [4.69, 9.17) is 4.74 Å². The molecule has 2 atom stereocenters. The zero-order valence-corrected chi connectivity index (χ0v) is 11.7. The number of hydrogen-bond donors (Lipinski definition) is 1. The van der Waals surface area contributed by atoms with E-state index < -0.39 is 0 Å². The SMILES string of the molecule is CO[C@@H]1CCCCC[C@H]1Nc1ccc2nccnc2n1. The molecule has 1 saturated carbocycles. The number of fused-ring (bicyclic) bond motifs is 1. The normalized spacial score (nSPS) is 23.4. The number of anilines is 1. The maximum atomic E-state index is 5.63. The van der Waals surface area contributed by atoms with Gasteiger partial charge in [0.2, 0.25) is 0 Å². The van der Waals surface area contributed by atoms with Gasteiger partial charge in [0.15, 0.2) is 5.65 Å². The number of aromatic nitrogens is 3. The summed E-state index contributed by atoms with van der Waals surface area (Å²) >= 11 is 0. The Kier molecular flexibility index (Phi) is 4.06. The third-order valence-electron chi connectivity index (χ3n) is 3.92. The minimum Gasteiger partial charge on any atom is -0.379 e. The predicted molar refractivity (Wildman–Crippen MR) is 78.6 cm³/mol. The number of nitrogens with one attached hydrogen (secondary N) is 1. The number of pyridine rings is 1. The third-order valence-corrected chi connectivity index (χ3v) is 3.92. The van der Waals surface area contributed by atoms with E-state index in [0.717, 1.165) is 24.2 Å². The molecule has 0 aliphatic heterocycles. The van der Waals surface area contributed by atoms with Crippen LogP contribution >= 0.6 is 0 Å². The standard InChI is InChI=1S/C15H20N4O/c1-20-13-6-4-2-3-5-11(13)18-14-8-7-12-15(19-14)17-10-9-16-12/h7-11,13H,2-6H2,1H3,(H,17,18,19)/t11-,13-/m1/s1. The Labute approximate surface area is 118 Å². The summed E-state index contributed by atoms with van der Waals surface area (Å²) in [6, 6.07) is 4.24. The number of ether oxygens (including phenoxy) is 1. The number of methoxy groups -OCH3 is 1. The first-order chi connectivity index (χ1) is 9.86. The summed E-state index contributed by atoms with van der Waals surface area (Å²) in [6.45, 7) is 0. The molecule has 1 aliphatic carbocycles. The zero-order chi connectivity index (χ0) is 13.8. The van der Waals surface area contributed by atoms with Gasteiger partial charge in [-0.1, -0.05) is 19.3 Å². The quantitative estimate of drug-likeness (QED) is 0.871. The number of hydrogen-bond acceptors (Lipinski definition) is 5. The Balaban J connectivity index is 1.80. The number of nitrogens with zero attached hydrogens (tertiary/aromatic N) is 3.